The Bertz CT molecular complexity index is 525. The molecule has 116 valence electrons. The second-order valence-electron chi connectivity index (χ2n) is 6.71. The lowest BCUT2D eigenvalue weighted by Crippen LogP contribution is -2.44. The molecule has 1 aromatic rings. The maximum absolute atomic E-state index is 13.2. The Morgan fingerprint density at radius 1 is 1.33 bits per heavy atom. The monoisotopic (exact) mass is 296 g/mol. The van der Waals surface area contributed by atoms with Gasteiger partial charge in [-0.1, -0.05) is 6.07 Å². The molecule has 1 aliphatic rings. The third kappa shape index (κ3) is 4.49. The van der Waals surface area contributed by atoms with Crippen molar-refractivity contribution in [1.82, 2.24) is 10.2 Å². The van der Waals surface area contributed by atoms with E-state index in [1.165, 1.54) is 6.07 Å². The summed E-state index contributed by atoms with van der Waals surface area (Å²) in [6.45, 7) is 7.86. The number of nitrogens with one attached hydrogen (secondary N) is 1. The molecular weight excluding hydrogens is 274 g/mol. The highest BCUT2D eigenvalue weighted by Gasteiger charge is 2.30. The smallest absolute Gasteiger partial charge is 0.224 e. The van der Waals surface area contributed by atoms with Gasteiger partial charge >= 0.3 is 0 Å². The molecule has 1 unspecified atom stereocenters. The number of carbonyl (C=O) groups excluding carboxylic acids is 1. The number of amides is 1. The van der Waals surface area contributed by atoms with E-state index in [4.69, 9.17) is 0 Å². The average Bonchev–Trinajstić information content (AvgIpc) is 2.80. The van der Waals surface area contributed by atoms with Crippen LogP contribution in [0.15, 0.2) is 18.2 Å². The van der Waals surface area contributed by atoms with Gasteiger partial charge in [-0.2, -0.15) is 0 Å². The molecule has 0 aromatic heterocycles. The molecule has 3 nitrogen and oxygen atoms in total. The highest BCUT2D eigenvalue weighted by atomic mass is 19.2. The van der Waals surface area contributed by atoms with Crippen LogP contribution in [0, 0.1) is 17.6 Å². The number of hydrogen-bond donors (Lipinski definition) is 1. The van der Waals surface area contributed by atoms with Gasteiger partial charge in [0.25, 0.3) is 0 Å². The molecule has 0 aliphatic carbocycles. The zero-order valence-corrected chi connectivity index (χ0v) is 12.7. The Morgan fingerprint density at radius 3 is 2.67 bits per heavy atom. The predicted octanol–water partition coefficient (Wildman–Crippen LogP) is 2.70. The number of hydrogen-bond acceptors (Lipinski definition) is 2. The zero-order chi connectivity index (χ0) is 15.6. The molecule has 0 radical (unpaired) electrons. The summed E-state index contributed by atoms with van der Waals surface area (Å²) in [7, 11) is 0. The van der Waals surface area contributed by atoms with Crippen LogP contribution in [-0.4, -0.2) is 29.4 Å². The number of nitrogens with zero attached hydrogens (tertiary/aromatic N) is 1. The van der Waals surface area contributed by atoms with E-state index in [1.807, 2.05) is 20.8 Å². The lowest BCUT2D eigenvalue weighted by atomic mass is 10.0. The first-order valence-corrected chi connectivity index (χ1v) is 7.23. The van der Waals surface area contributed by atoms with E-state index < -0.39 is 11.6 Å². The largest absolute Gasteiger partial charge is 0.351 e. The lowest BCUT2D eigenvalue weighted by molar-refractivity contribution is -0.126. The van der Waals surface area contributed by atoms with Crippen LogP contribution in [0.5, 0.6) is 0 Å². The minimum absolute atomic E-state index is 0.0329. The van der Waals surface area contributed by atoms with E-state index in [0.29, 0.717) is 13.1 Å². The molecule has 1 fully saturated rings. The third-order valence-corrected chi connectivity index (χ3v) is 3.53. The van der Waals surface area contributed by atoms with Crippen molar-refractivity contribution in [1.29, 1.82) is 0 Å². The summed E-state index contributed by atoms with van der Waals surface area (Å²) in [5.74, 6) is -1.62. The number of carbonyl (C=O) groups is 1. The van der Waals surface area contributed by atoms with E-state index in [2.05, 4.69) is 10.2 Å². The summed E-state index contributed by atoms with van der Waals surface area (Å²) in [6, 6.07) is 3.95. The first-order valence-electron chi connectivity index (χ1n) is 7.23. The summed E-state index contributed by atoms with van der Waals surface area (Å²) >= 11 is 0. The second kappa shape index (κ2) is 6.10. The Morgan fingerprint density at radius 2 is 2.05 bits per heavy atom. The van der Waals surface area contributed by atoms with Crippen molar-refractivity contribution in [3.63, 3.8) is 0 Å². The van der Waals surface area contributed by atoms with E-state index in [-0.39, 0.29) is 17.4 Å². The van der Waals surface area contributed by atoms with Gasteiger partial charge in [-0.05, 0) is 51.4 Å². The zero-order valence-electron chi connectivity index (χ0n) is 12.7. The molecule has 1 heterocycles. The number of halogens is 2. The maximum Gasteiger partial charge on any atom is 0.224 e. The molecule has 1 atom stereocenters. The third-order valence-electron chi connectivity index (χ3n) is 3.53. The van der Waals surface area contributed by atoms with Gasteiger partial charge in [-0.3, -0.25) is 9.69 Å². The minimum Gasteiger partial charge on any atom is -0.351 e. The van der Waals surface area contributed by atoms with E-state index in [9.17, 15) is 13.6 Å². The van der Waals surface area contributed by atoms with E-state index in [1.54, 1.807) is 6.07 Å². The van der Waals surface area contributed by atoms with Crippen molar-refractivity contribution < 1.29 is 13.6 Å². The first-order chi connectivity index (χ1) is 9.74. The van der Waals surface area contributed by atoms with Crippen LogP contribution in [0.4, 0.5) is 8.78 Å². The van der Waals surface area contributed by atoms with Gasteiger partial charge in [-0.15, -0.1) is 0 Å². The van der Waals surface area contributed by atoms with Crippen LogP contribution in [-0.2, 0) is 11.3 Å². The van der Waals surface area contributed by atoms with E-state index in [0.717, 1.165) is 24.6 Å². The predicted molar refractivity (Wildman–Crippen MR) is 77.6 cm³/mol. The second-order valence-corrected chi connectivity index (χ2v) is 6.71. The fourth-order valence-corrected chi connectivity index (χ4v) is 2.56. The molecule has 2 rings (SSSR count). The summed E-state index contributed by atoms with van der Waals surface area (Å²) in [6.07, 6.45) is 0.797. The Labute approximate surface area is 124 Å². The minimum atomic E-state index is -0.831. The van der Waals surface area contributed by atoms with Crippen LogP contribution in [0.2, 0.25) is 0 Å². The highest BCUT2D eigenvalue weighted by molar-refractivity contribution is 5.79. The van der Waals surface area contributed by atoms with Crippen molar-refractivity contribution >= 4 is 5.91 Å². The molecule has 0 spiro atoms. The van der Waals surface area contributed by atoms with Crippen molar-refractivity contribution in [2.45, 2.75) is 39.3 Å². The molecule has 0 saturated carbocycles. The lowest BCUT2D eigenvalue weighted by Gasteiger charge is -2.23. The fourth-order valence-electron chi connectivity index (χ4n) is 2.56. The number of rotatable bonds is 3. The van der Waals surface area contributed by atoms with Gasteiger partial charge in [0.2, 0.25) is 5.91 Å². The molecule has 1 aromatic carbocycles. The average molecular weight is 296 g/mol. The van der Waals surface area contributed by atoms with Gasteiger partial charge in [-0.25, -0.2) is 8.78 Å². The van der Waals surface area contributed by atoms with Crippen molar-refractivity contribution in [3.05, 3.63) is 35.4 Å². The Hall–Kier alpha value is -1.49. The highest BCUT2D eigenvalue weighted by Crippen LogP contribution is 2.20. The maximum atomic E-state index is 13.2. The summed E-state index contributed by atoms with van der Waals surface area (Å²) in [5.41, 5.74) is 0.496. The first kappa shape index (κ1) is 15.9. The van der Waals surface area contributed by atoms with Crippen molar-refractivity contribution in [2.24, 2.45) is 5.92 Å². The topological polar surface area (TPSA) is 32.3 Å². The molecule has 21 heavy (non-hydrogen) atoms. The standard InChI is InChI=1S/C16H22F2N2O/c1-16(2,3)19-15(21)12-6-7-20(10-12)9-11-4-5-13(17)14(18)8-11/h4-5,8,12H,6-7,9-10H2,1-3H3,(H,19,21). The van der Waals surface area contributed by atoms with Crippen LogP contribution in [0.3, 0.4) is 0 Å². The van der Waals surface area contributed by atoms with Gasteiger partial charge < -0.3 is 5.32 Å². The summed E-state index contributed by atoms with van der Waals surface area (Å²) < 4.78 is 26.1. The normalized spacial score (nSPS) is 19.8. The SMILES string of the molecule is CC(C)(C)NC(=O)C1CCN(Cc2ccc(F)c(F)c2)C1. The fraction of sp³-hybridized carbons (Fsp3) is 0.562. The molecule has 0 bridgehead atoms. The van der Waals surface area contributed by atoms with Gasteiger partial charge in [0.15, 0.2) is 11.6 Å². The molecule has 5 heteroatoms. The quantitative estimate of drug-likeness (QED) is 0.930. The molecule has 1 amide bonds. The Kier molecular flexibility index (Phi) is 4.61. The molecule has 1 saturated heterocycles. The summed E-state index contributed by atoms with van der Waals surface area (Å²) in [5, 5.41) is 2.99. The number of benzene rings is 1. The van der Waals surface area contributed by atoms with Gasteiger partial charge in [0, 0.05) is 18.6 Å². The van der Waals surface area contributed by atoms with Crippen LogP contribution >= 0.6 is 0 Å². The van der Waals surface area contributed by atoms with Crippen molar-refractivity contribution in [2.75, 3.05) is 13.1 Å². The molecule has 1 N–H and O–H groups in total. The number of likely N-dealkylation sites (tertiary alicyclic amines) is 1. The Balaban J connectivity index is 1.90. The van der Waals surface area contributed by atoms with Gasteiger partial charge in [0.05, 0.1) is 5.92 Å². The van der Waals surface area contributed by atoms with E-state index >= 15 is 0 Å². The summed E-state index contributed by atoms with van der Waals surface area (Å²) in [4.78, 5) is 14.2. The van der Waals surface area contributed by atoms with Gasteiger partial charge in [0.1, 0.15) is 0 Å². The molecular formula is C16H22F2N2O. The van der Waals surface area contributed by atoms with Crippen LogP contribution in [0.1, 0.15) is 32.8 Å². The molecule has 1 aliphatic heterocycles. The van der Waals surface area contributed by atoms with Crippen LogP contribution in [0.25, 0.3) is 0 Å². The van der Waals surface area contributed by atoms with Crippen molar-refractivity contribution in [3.8, 4) is 0 Å². The van der Waals surface area contributed by atoms with Crippen LogP contribution < -0.4 is 5.32 Å².